The number of carbonyl (C=O) groups excluding carboxylic acids is 1. The molecule has 0 radical (unpaired) electrons. The maximum absolute atomic E-state index is 12.2. The lowest BCUT2D eigenvalue weighted by Crippen LogP contribution is -2.49. The van der Waals surface area contributed by atoms with Crippen LogP contribution in [0.3, 0.4) is 0 Å². The van der Waals surface area contributed by atoms with Gasteiger partial charge in [0, 0.05) is 58.3 Å². The van der Waals surface area contributed by atoms with Crippen molar-refractivity contribution in [2.24, 2.45) is 5.92 Å². The first-order valence-corrected chi connectivity index (χ1v) is 12.1. The minimum atomic E-state index is -0.991. The van der Waals surface area contributed by atoms with Crippen molar-refractivity contribution in [2.75, 3.05) is 78.5 Å². The van der Waals surface area contributed by atoms with Crippen molar-refractivity contribution in [1.29, 1.82) is 0 Å². The summed E-state index contributed by atoms with van der Waals surface area (Å²) in [4.78, 5) is 52.9. The molecule has 11 nitrogen and oxygen atoms in total. The number of aliphatic carboxylic acids is 3. The third-order valence-corrected chi connectivity index (χ3v) is 5.03. The second-order valence-electron chi connectivity index (χ2n) is 7.91. The van der Waals surface area contributed by atoms with E-state index < -0.39 is 17.9 Å². The fourth-order valence-corrected chi connectivity index (χ4v) is 3.19. The zero-order valence-corrected chi connectivity index (χ0v) is 21.8. The van der Waals surface area contributed by atoms with E-state index in [4.69, 9.17) is 5.11 Å². The second kappa shape index (κ2) is 20.3. The topological polar surface area (TPSA) is 142 Å². The SMILES string of the molecule is CC.CC.CC(C)C(=O)CN1CCN(CC(=O)O)CCN(CC(=O)O)CCN(CC(=O)O)CC1. The molecule has 200 valence electrons. The Morgan fingerprint density at radius 2 is 0.735 bits per heavy atom. The van der Waals surface area contributed by atoms with Crippen molar-refractivity contribution in [2.45, 2.75) is 41.5 Å². The predicted molar refractivity (Wildman–Crippen MR) is 131 cm³/mol. The molecule has 1 fully saturated rings. The maximum atomic E-state index is 12.2. The monoisotopic (exact) mass is 490 g/mol. The molecule has 0 unspecified atom stereocenters. The van der Waals surface area contributed by atoms with Gasteiger partial charge in [-0.3, -0.25) is 38.8 Å². The highest BCUT2D eigenvalue weighted by Crippen LogP contribution is 2.03. The van der Waals surface area contributed by atoms with Crippen LogP contribution in [0.1, 0.15) is 41.5 Å². The highest BCUT2D eigenvalue weighted by atomic mass is 16.4. The van der Waals surface area contributed by atoms with Crippen molar-refractivity contribution in [1.82, 2.24) is 19.6 Å². The van der Waals surface area contributed by atoms with Crippen LogP contribution in [0.25, 0.3) is 0 Å². The van der Waals surface area contributed by atoms with E-state index in [0.29, 0.717) is 52.4 Å². The number of hydrogen-bond acceptors (Lipinski definition) is 8. The molecule has 0 aromatic heterocycles. The Kier molecular flexibility index (Phi) is 20.4. The van der Waals surface area contributed by atoms with Crippen LogP contribution in [0.4, 0.5) is 0 Å². The number of carboxylic acid groups (broad SMARTS) is 3. The first kappa shape index (κ1) is 34.1. The standard InChI is InChI=1S/C19H34N4O7.2C2H6/c1-15(2)16(24)11-20-3-5-21(12-17(25)26)7-9-23(14-19(29)30)10-8-22(6-4-20)13-18(27)28;2*1-2/h15H,3-14H2,1-2H3,(H,25,26)(H,27,28)(H,29,30);2*1-2H3. The molecule has 1 aliphatic heterocycles. The Balaban J connectivity index is 0. The van der Waals surface area contributed by atoms with E-state index in [0.717, 1.165) is 0 Å². The van der Waals surface area contributed by atoms with Gasteiger partial charge in [-0.2, -0.15) is 0 Å². The summed E-state index contributed by atoms with van der Waals surface area (Å²) in [7, 11) is 0. The van der Waals surface area contributed by atoms with E-state index >= 15 is 0 Å². The first-order chi connectivity index (χ1) is 16.1. The Morgan fingerprint density at radius 3 is 0.912 bits per heavy atom. The third-order valence-electron chi connectivity index (χ3n) is 5.03. The Morgan fingerprint density at radius 1 is 0.529 bits per heavy atom. The van der Waals surface area contributed by atoms with Gasteiger partial charge in [-0.1, -0.05) is 41.5 Å². The van der Waals surface area contributed by atoms with Crippen molar-refractivity contribution < 1.29 is 34.5 Å². The summed E-state index contributed by atoms with van der Waals surface area (Å²) in [6, 6.07) is 0. The Hall–Kier alpha value is -2.08. The molecular weight excluding hydrogens is 444 g/mol. The molecule has 1 saturated heterocycles. The van der Waals surface area contributed by atoms with E-state index in [1.807, 2.05) is 46.4 Å². The lowest BCUT2D eigenvalue weighted by atomic mass is 10.1. The first-order valence-electron chi connectivity index (χ1n) is 12.1. The van der Waals surface area contributed by atoms with Crippen LogP contribution in [-0.4, -0.2) is 137 Å². The summed E-state index contributed by atoms with van der Waals surface area (Å²) in [6.07, 6.45) is 0. The van der Waals surface area contributed by atoms with Crippen molar-refractivity contribution in [3.05, 3.63) is 0 Å². The zero-order chi connectivity index (χ0) is 26.7. The molecule has 3 N–H and O–H groups in total. The smallest absolute Gasteiger partial charge is 0.317 e. The molecule has 0 amide bonds. The van der Waals surface area contributed by atoms with E-state index in [9.17, 15) is 29.4 Å². The van der Waals surface area contributed by atoms with Gasteiger partial charge in [-0.15, -0.1) is 0 Å². The van der Waals surface area contributed by atoms with E-state index in [1.54, 1.807) is 14.7 Å². The molecule has 0 bridgehead atoms. The quantitative estimate of drug-likeness (QED) is 0.421. The third kappa shape index (κ3) is 17.4. The number of ketones is 1. The molecule has 0 aromatic carbocycles. The normalized spacial score (nSPS) is 17.3. The van der Waals surface area contributed by atoms with Crippen LogP contribution >= 0.6 is 0 Å². The number of Topliss-reactive ketones (excluding diaryl/α,β-unsaturated/α-hetero) is 1. The second-order valence-corrected chi connectivity index (χ2v) is 7.91. The van der Waals surface area contributed by atoms with Crippen LogP contribution in [0.15, 0.2) is 0 Å². The van der Waals surface area contributed by atoms with Crippen molar-refractivity contribution in [3.63, 3.8) is 0 Å². The summed E-state index contributed by atoms with van der Waals surface area (Å²) in [5.41, 5.74) is 0. The molecule has 0 aliphatic carbocycles. The fourth-order valence-electron chi connectivity index (χ4n) is 3.19. The summed E-state index contributed by atoms with van der Waals surface area (Å²) in [5.74, 6) is -2.98. The van der Waals surface area contributed by atoms with Gasteiger partial charge in [0.05, 0.1) is 26.2 Å². The summed E-state index contributed by atoms with van der Waals surface area (Å²) >= 11 is 0. The van der Waals surface area contributed by atoms with Gasteiger partial charge < -0.3 is 15.3 Å². The average Bonchev–Trinajstić information content (AvgIpc) is 2.77. The number of carboxylic acids is 3. The van der Waals surface area contributed by atoms with Crippen LogP contribution in [-0.2, 0) is 19.2 Å². The van der Waals surface area contributed by atoms with Gasteiger partial charge in [-0.05, 0) is 0 Å². The molecule has 0 atom stereocenters. The highest BCUT2D eigenvalue weighted by Gasteiger charge is 2.21. The lowest BCUT2D eigenvalue weighted by molar-refractivity contribution is -0.140. The van der Waals surface area contributed by atoms with E-state index in [2.05, 4.69) is 0 Å². The number of hydrogen-bond donors (Lipinski definition) is 3. The van der Waals surface area contributed by atoms with Crippen molar-refractivity contribution in [3.8, 4) is 0 Å². The maximum Gasteiger partial charge on any atom is 0.317 e. The molecule has 0 aromatic rings. The van der Waals surface area contributed by atoms with Gasteiger partial charge >= 0.3 is 17.9 Å². The Labute approximate surface area is 204 Å². The minimum Gasteiger partial charge on any atom is -0.480 e. The molecule has 11 heteroatoms. The summed E-state index contributed by atoms with van der Waals surface area (Å²) in [6.45, 7) is 14.5. The van der Waals surface area contributed by atoms with Gasteiger partial charge in [0.1, 0.15) is 5.78 Å². The lowest BCUT2D eigenvalue weighted by Gasteiger charge is -2.33. The number of nitrogens with zero attached hydrogens (tertiary/aromatic N) is 4. The van der Waals surface area contributed by atoms with Crippen LogP contribution < -0.4 is 0 Å². The van der Waals surface area contributed by atoms with Crippen LogP contribution in [0.2, 0.25) is 0 Å². The molecular formula is C23H46N4O7. The van der Waals surface area contributed by atoms with Gasteiger partial charge in [0.15, 0.2) is 0 Å². The van der Waals surface area contributed by atoms with E-state index in [1.165, 1.54) is 0 Å². The molecule has 1 heterocycles. The zero-order valence-electron chi connectivity index (χ0n) is 21.8. The summed E-state index contributed by atoms with van der Waals surface area (Å²) in [5, 5.41) is 27.5. The highest BCUT2D eigenvalue weighted by molar-refractivity contribution is 5.82. The van der Waals surface area contributed by atoms with Crippen molar-refractivity contribution >= 4 is 23.7 Å². The molecule has 34 heavy (non-hydrogen) atoms. The largest absolute Gasteiger partial charge is 0.480 e. The van der Waals surface area contributed by atoms with Crippen LogP contribution in [0.5, 0.6) is 0 Å². The summed E-state index contributed by atoms with van der Waals surface area (Å²) < 4.78 is 0. The molecule has 0 spiro atoms. The van der Waals surface area contributed by atoms with Gasteiger partial charge in [-0.25, -0.2) is 0 Å². The fraction of sp³-hybridized carbons (Fsp3) is 0.826. The van der Waals surface area contributed by atoms with E-state index in [-0.39, 0.29) is 37.9 Å². The Bertz CT molecular complexity index is 570. The molecule has 0 saturated carbocycles. The molecule has 1 rings (SSSR count). The van der Waals surface area contributed by atoms with Crippen LogP contribution in [0, 0.1) is 5.92 Å². The molecule has 1 aliphatic rings. The van der Waals surface area contributed by atoms with Gasteiger partial charge in [0.25, 0.3) is 0 Å². The minimum absolute atomic E-state index is 0.0734. The van der Waals surface area contributed by atoms with Gasteiger partial charge in [0.2, 0.25) is 0 Å². The number of carbonyl (C=O) groups is 4. The average molecular weight is 491 g/mol. The predicted octanol–water partition coefficient (Wildman–Crippen LogP) is 0.739. The number of rotatable bonds is 9.